The highest BCUT2D eigenvalue weighted by atomic mass is 35.5. The highest BCUT2D eigenvalue weighted by Gasteiger charge is 2.07. The largest absolute Gasteiger partial charge is 0.398 e. The highest BCUT2D eigenvalue weighted by molar-refractivity contribution is 6.33. The third kappa shape index (κ3) is 1.49. The van der Waals surface area contributed by atoms with Gasteiger partial charge in [0.05, 0.1) is 10.7 Å². The summed E-state index contributed by atoms with van der Waals surface area (Å²) < 4.78 is 4.86. The van der Waals surface area contributed by atoms with Gasteiger partial charge in [0.15, 0.2) is 0 Å². The summed E-state index contributed by atoms with van der Waals surface area (Å²) in [4.78, 5) is 3.85. The van der Waals surface area contributed by atoms with Gasteiger partial charge in [0.25, 0.3) is 11.8 Å². The second-order valence-electron chi connectivity index (χ2n) is 2.69. The van der Waals surface area contributed by atoms with Gasteiger partial charge in [-0.3, -0.25) is 0 Å². The van der Waals surface area contributed by atoms with Crippen LogP contribution in [0.4, 0.5) is 11.6 Å². The minimum Gasteiger partial charge on any atom is -0.398 e. The van der Waals surface area contributed by atoms with Crippen LogP contribution >= 0.6 is 11.6 Å². The molecule has 4 N–H and O–H groups in total. The Labute approximate surface area is 84.7 Å². The molecule has 0 fully saturated rings. The van der Waals surface area contributed by atoms with E-state index in [1.807, 2.05) is 0 Å². The Morgan fingerprint density at radius 3 is 2.64 bits per heavy atom. The number of hydrogen-bond donors (Lipinski definition) is 2. The standard InChI is InChI=1S/C8H7ClN4O/c9-5-2-1-4(3-6(5)10)7-12-8(11)13-14-7/h1-3H,10H2,(H2,11,13). The molecule has 2 aromatic rings. The molecular weight excluding hydrogens is 204 g/mol. The van der Waals surface area contributed by atoms with E-state index >= 15 is 0 Å². The fourth-order valence-electron chi connectivity index (χ4n) is 1.03. The van der Waals surface area contributed by atoms with Crippen LogP contribution in [0.3, 0.4) is 0 Å². The Morgan fingerprint density at radius 2 is 2.07 bits per heavy atom. The molecule has 0 radical (unpaired) electrons. The van der Waals surface area contributed by atoms with Crippen molar-refractivity contribution in [1.82, 2.24) is 10.1 Å². The van der Waals surface area contributed by atoms with Crippen molar-refractivity contribution in [2.24, 2.45) is 0 Å². The maximum atomic E-state index is 5.76. The molecule has 0 aliphatic carbocycles. The summed E-state index contributed by atoms with van der Waals surface area (Å²) in [5.41, 5.74) is 12.1. The van der Waals surface area contributed by atoms with E-state index < -0.39 is 0 Å². The van der Waals surface area contributed by atoms with Gasteiger partial charge in [0, 0.05) is 5.56 Å². The molecule has 0 spiro atoms. The minimum atomic E-state index is 0.0912. The number of aromatic nitrogens is 2. The molecule has 0 amide bonds. The van der Waals surface area contributed by atoms with Gasteiger partial charge in [-0.25, -0.2) is 0 Å². The average molecular weight is 211 g/mol. The van der Waals surface area contributed by atoms with E-state index in [9.17, 15) is 0 Å². The first-order chi connectivity index (χ1) is 6.66. The smallest absolute Gasteiger partial charge is 0.261 e. The summed E-state index contributed by atoms with van der Waals surface area (Å²) >= 11 is 5.76. The molecule has 1 heterocycles. The van der Waals surface area contributed by atoms with Crippen LogP contribution < -0.4 is 11.5 Å². The Bertz CT molecular complexity index is 468. The zero-order valence-electron chi connectivity index (χ0n) is 7.07. The molecule has 0 saturated heterocycles. The van der Waals surface area contributed by atoms with Gasteiger partial charge in [-0.15, -0.1) is 0 Å². The van der Waals surface area contributed by atoms with Crippen LogP contribution in [0.2, 0.25) is 5.02 Å². The van der Waals surface area contributed by atoms with Gasteiger partial charge in [-0.1, -0.05) is 11.6 Å². The first-order valence-corrected chi connectivity index (χ1v) is 4.19. The summed E-state index contributed by atoms with van der Waals surface area (Å²) in [7, 11) is 0. The van der Waals surface area contributed by atoms with E-state index in [-0.39, 0.29) is 5.95 Å². The van der Waals surface area contributed by atoms with Crippen LogP contribution in [0.25, 0.3) is 11.5 Å². The minimum absolute atomic E-state index is 0.0912. The van der Waals surface area contributed by atoms with Crippen molar-refractivity contribution in [2.75, 3.05) is 11.5 Å². The van der Waals surface area contributed by atoms with Crippen LogP contribution in [0.1, 0.15) is 0 Å². The lowest BCUT2D eigenvalue weighted by molar-refractivity contribution is 0.433. The predicted molar refractivity (Wildman–Crippen MR) is 53.6 cm³/mol. The summed E-state index contributed by atoms with van der Waals surface area (Å²) in [5.74, 6) is 0.416. The van der Waals surface area contributed by atoms with Gasteiger partial charge in [-0.05, 0) is 23.4 Å². The van der Waals surface area contributed by atoms with Crippen LogP contribution in [-0.4, -0.2) is 10.1 Å². The molecule has 0 unspecified atom stereocenters. The molecule has 14 heavy (non-hydrogen) atoms. The maximum absolute atomic E-state index is 5.76. The van der Waals surface area contributed by atoms with E-state index in [1.54, 1.807) is 18.2 Å². The fraction of sp³-hybridized carbons (Fsp3) is 0. The zero-order valence-corrected chi connectivity index (χ0v) is 7.82. The van der Waals surface area contributed by atoms with Gasteiger partial charge in [-0.2, -0.15) is 4.98 Å². The highest BCUT2D eigenvalue weighted by Crippen LogP contribution is 2.25. The van der Waals surface area contributed by atoms with Crippen molar-refractivity contribution in [3.63, 3.8) is 0 Å². The summed E-state index contributed by atoms with van der Waals surface area (Å²) in [6, 6.07) is 5.04. The molecule has 0 aliphatic heterocycles. The maximum Gasteiger partial charge on any atom is 0.261 e. The zero-order chi connectivity index (χ0) is 10.1. The van der Waals surface area contributed by atoms with E-state index in [4.69, 9.17) is 27.6 Å². The van der Waals surface area contributed by atoms with Crippen molar-refractivity contribution in [3.8, 4) is 11.5 Å². The number of hydrogen-bond acceptors (Lipinski definition) is 5. The Morgan fingerprint density at radius 1 is 1.29 bits per heavy atom. The normalized spacial score (nSPS) is 10.4. The van der Waals surface area contributed by atoms with Crippen LogP contribution in [0.5, 0.6) is 0 Å². The number of benzene rings is 1. The third-order valence-electron chi connectivity index (χ3n) is 1.68. The van der Waals surface area contributed by atoms with Gasteiger partial charge < -0.3 is 16.0 Å². The first kappa shape index (κ1) is 8.83. The van der Waals surface area contributed by atoms with Crippen molar-refractivity contribution in [3.05, 3.63) is 23.2 Å². The number of nitrogen functional groups attached to an aromatic ring is 2. The van der Waals surface area contributed by atoms with Crippen molar-refractivity contribution >= 4 is 23.2 Å². The summed E-state index contributed by atoms with van der Waals surface area (Å²) in [6.45, 7) is 0. The van der Waals surface area contributed by atoms with E-state index in [1.165, 1.54) is 0 Å². The van der Waals surface area contributed by atoms with Gasteiger partial charge >= 0.3 is 0 Å². The molecule has 72 valence electrons. The molecule has 2 rings (SSSR count). The molecular formula is C8H7ClN4O. The number of nitrogens with two attached hydrogens (primary N) is 2. The van der Waals surface area contributed by atoms with Gasteiger partial charge in [0.2, 0.25) is 0 Å². The molecule has 0 bridgehead atoms. The number of rotatable bonds is 1. The number of nitrogens with zero attached hydrogens (tertiary/aromatic N) is 2. The van der Waals surface area contributed by atoms with Crippen LogP contribution in [0.15, 0.2) is 22.7 Å². The van der Waals surface area contributed by atoms with E-state index in [0.29, 0.717) is 22.2 Å². The van der Waals surface area contributed by atoms with Gasteiger partial charge in [0.1, 0.15) is 0 Å². The van der Waals surface area contributed by atoms with Crippen molar-refractivity contribution in [1.29, 1.82) is 0 Å². The molecule has 1 aromatic heterocycles. The second kappa shape index (κ2) is 3.19. The third-order valence-corrected chi connectivity index (χ3v) is 2.03. The van der Waals surface area contributed by atoms with Crippen molar-refractivity contribution in [2.45, 2.75) is 0 Å². The second-order valence-corrected chi connectivity index (χ2v) is 3.10. The van der Waals surface area contributed by atoms with E-state index in [0.717, 1.165) is 0 Å². The predicted octanol–water partition coefficient (Wildman–Crippen LogP) is 1.55. The lowest BCUT2D eigenvalue weighted by atomic mass is 10.2. The number of halogens is 1. The topological polar surface area (TPSA) is 91.0 Å². The molecule has 0 saturated carbocycles. The Balaban J connectivity index is 2.47. The van der Waals surface area contributed by atoms with E-state index in [2.05, 4.69) is 10.1 Å². The summed E-state index contributed by atoms with van der Waals surface area (Å²) in [6.07, 6.45) is 0. The van der Waals surface area contributed by atoms with Crippen LogP contribution in [0, 0.1) is 0 Å². The number of anilines is 2. The molecule has 0 aliphatic rings. The molecule has 6 heteroatoms. The fourth-order valence-corrected chi connectivity index (χ4v) is 1.15. The molecule has 0 atom stereocenters. The van der Waals surface area contributed by atoms with Crippen LogP contribution in [-0.2, 0) is 0 Å². The quantitative estimate of drug-likeness (QED) is 0.697. The Hall–Kier alpha value is -1.75. The lowest BCUT2D eigenvalue weighted by Crippen LogP contribution is -1.88. The summed E-state index contributed by atoms with van der Waals surface area (Å²) in [5, 5.41) is 3.95. The van der Waals surface area contributed by atoms with Crippen molar-refractivity contribution < 1.29 is 4.52 Å². The lowest BCUT2D eigenvalue weighted by Gasteiger charge is -1.98. The SMILES string of the molecule is Nc1noc(-c2ccc(Cl)c(N)c2)n1. The average Bonchev–Trinajstić information content (AvgIpc) is 2.57. The Kier molecular flexibility index (Phi) is 2.01. The first-order valence-electron chi connectivity index (χ1n) is 3.81. The molecule has 5 nitrogen and oxygen atoms in total. The molecule has 1 aromatic carbocycles. The monoisotopic (exact) mass is 210 g/mol.